The normalized spacial score (nSPS) is 28.2. The first kappa shape index (κ1) is 82.7. The zero-order valence-electron chi connectivity index (χ0n) is 60.0. The van der Waals surface area contributed by atoms with Crippen molar-refractivity contribution in [3.8, 4) is 57.1 Å². The van der Waals surface area contributed by atoms with E-state index in [1.54, 1.807) is 13.8 Å². The fraction of sp³-hybridized carbons (Fsp3) is 0.458. The number of fused-ring (bicyclic) bond motifs is 15. The van der Waals surface area contributed by atoms with Gasteiger partial charge in [-0.05, 0) is 117 Å². The number of hydrogen-bond donors (Lipinski definition) is 19. The lowest BCUT2D eigenvalue weighted by atomic mass is 9.84. The number of aliphatic hydroxyl groups is 6. The third kappa shape index (κ3) is 18.0. The molecule has 2 saturated heterocycles. The summed E-state index contributed by atoms with van der Waals surface area (Å²) in [4.78, 5) is 130. The fourth-order valence-electron chi connectivity index (χ4n) is 13.5. The molecule has 36 nitrogen and oxygen atoms in total. The van der Waals surface area contributed by atoms with Crippen molar-refractivity contribution in [1.29, 1.82) is 0 Å². The number of likely N-dealkylation sites (N-methyl/N-ethyl adjacent to an activating group) is 1. The van der Waals surface area contributed by atoms with Crippen LogP contribution in [-0.4, -0.2) is 223 Å². The first-order valence-electron chi connectivity index (χ1n) is 34.7. The second-order valence-corrected chi connectivity index (χ2v) is 28.3. The number of carboxylic acid groups (broad SMARTS) is 1. The first-order valence-corrected chi connectivity index (χ1v) is 35.4. The van der Waals surface area contributed by atoms with E-state index in [2.05, 4.69) is 42.5 Å². The van der Waals surface area contributed by atoms with E-state index in [1.807, 2.05) is 13.8 Å². The van der Waals surface area contributed by atoms with Crippen LogP contribution in [0.15, 0.2) is 78.9 Å². The number of aromatic hydroxyl groups is 3. The molecule has 5 aromatic rings. The molecule has 110 heavy (non-hydrogen) atoms. The van der Waals surface area contributed by atoms with Crippen molar-refractivity contribution in [3.05, 3.63) is 117 Å². The summed E-state index contributed by atoms with van der Waals surface area (Å²) in [6.07, 6.45) is -20.5. The molecule has 5 aromatic carbocycles. The molecule has 19 atom stereocenters. The van der Waals surface area contributed by atoms with Crippen LogP contribution >= 0.6 is 23.2 Å². The molecule has 7 heterocycles. The Labute approximate surface area is 637 Å². The van der Waals surface area contributed by atoms with Crippen LogP contribution in [0.25, 0.3) is 11.1 Å². The largest absolute Gasteiger partial charge is 0.508 e. The predicted octanol–water partition coefficient (Wildman–Crippen LogP) is 0.315. The van der Waals surface area contributed by atoms with Crippen LogP contribution in [0.5, 0.6) is 46.0 Å². The Morgan fingerprint density at radius 3 is 1.94 bits per heavy atom. The minimum atomic E-state index is -2.38. The minimum absolute atomic E-state index is 0.0908. The number of carbonyl (C=O) groups is 9. The minimum Gasteiger partial charge on any atom is -0.508 e. The Kier molecular flexibility index (Phi) is 26.1. The molecule has 0 radical (unpaired) electrons. The van der Waals surface area contributed by atoms with Crippen LogP contribution in [0, 0.1) is 5.92 Å². The topological polar surface area (TPSA) is 552 Å². The second-order valence-electron chi connectivity index (χ2n) is 27.5. The van der Waals surface area contributed by atoms with E-state index >= 15 is 14.4 Å². The van der Waals surface area contributed by atoms with Crippen LogP contribution in [0.4, 0.5) is 0 Å². The van der Waals surface area contributed by atoms with Crippen LogP contribution < -0.4 is 62.5 Å². The smallest absolute Gasteiger partial charge is 0.336 e. The maximum absolute atomic E-state index is 16.1. The number of aliphatic carboxylic acids is 1. The van der Waals surface area contributed by atoms with Gasteiger partial charge in [0.05, 0.1) is 48.4 Å². The summed E-state index contributed by atoms with van der Waals surface area (Å²) >= 11 is 14.2. The van der Waals surface area contributed by atoms with Crippen molar-refractivity contribution < 1.29 is 132 Å². The summed E-state index contributed by atoms with van der Waals surface area (Å²) in [6, 6.07) is -0.962. The van der Waals surface area contributed by atoms with Crippen molar-refractivity contribution in [2.75, 3.05) is 33.9 Å². The molecule has 7 aliphatic rings. The highest BCUT2D eigenvalue weighted by atomic mass is 35.5. The highest BCUT2D eigenvalue weighted by Crippen LogP contribution is 2.50. The van der Waals surface area contributed by atoms with Gasteiger partial charge in [-0.3, -0.25) is 33.6 Å². The Balaban J connectivity index is 1.22. The van der Waals surface area contributed by atoms with Crippen molar-refractivity contribution in [2.45, 2.75) is 169 Å². The Hall–Kier alpha value is -9.77. The molecule has 7 amide bonds. The Morgan fingerprint density at radius 1 is 0.727 bits per heavy atom. The van der Waals surface area contributed by atoms with Gasteiger partial charge in [-0.25, -0.2) is 9.59 Å². The van der Waals surface area contributed by atoms with Gasteiger partial charge in [0.15, 0.2) is 36.0 Å². The monoisotopic (exact) mass is 1580 g/mol. The molecule has 2 fully saturated rings. The number of carboxylic acids is 1. The molecule has 12 rings (SSSR count). The van der Waals surface area contributed by atoms with Crippen molar-refractivity contribution >= 4 is 76.5 Å². The highest BCUT2D eigenvalue weighted by Gasteiger charge is 2.52. The lowest BCUT2D eigenvalue weighted by molar-refractivity contribution is -0.334. The van der Waals surface area contributed by atoms with E-state index < -0.39 is 249 Å². The summed E-state index contributed by atoms with van der Waals surface area (Å²) in [7, 11) is 2.63. The summed E-state index contributed by atoms with van der Waals surface area (Å²) in [6.45, 7) is 7.20. The summed E-state index contributed by atoms with van der Waals surface area (Å²) in [5, 5.41) is 135. The molecule has 594 valence electrons. The molecular formula is C72H85Cl2N9O27. The number of phenolic OH excluding ortho intramolecular Hbond substituents is 3. The average molecular weight is 1580 g/mol. The third-order valence-corrected chi connectivity index (χ3v) is 19.8. The number of ether oxygens (including phenoxy) is 8. The van der Waals surface area contributed by atoms with E-state index in [1.165, 1.54) is 26.1 Å². The second kappa shape index (κ2) is 34.7. The molecule has 0 aliphatic carbocycles. The maximum Gasteiger partial charge on any atom is 0.336 e. The number of hydrogen-bond acceptors (Lipinski definition) is 28. The highest BCUT2D eigenvalue weighted by molar-refractivity contribution is 6.32. The van der Waals surface area contributed by atoms with Crippen LogP contribution in [0.1, 0.15) is 112 Å². The molecule has 11 bridgehead atoms. The molecule has 0 spiro atoms. The van der Waals surface area contributed by atoms with Gasteiger partial charge in [-0.2, -0.15) is 0 Å². The van der Waals surface area contributed by atoms with E-state index in [0.717, 1.165) is 73.8 Å². The van der Waals surface area contributed by atoms with Crippen LogP contribution in [-0.2, 0) is 66.8 Å². The number of methoxy groups -OCH3 is 1. The van der Waals surface area contributed by atoms with Gasteiger partial charge in [-0.1, -0.05) is 55.2 Å². The third-order valence-electron chi connectivity index (χ3n) is 19.3. The van der Waals surface area contributed by atoms with Crippen LogP contribution in [0.3, 0.4) is 0 Å². The number of benzene rings is 5. The SMILES string of the molecule is CCOC(CNC1(C)CC(OC2C(Oc3c4cc5cc3Oc3ccc(cc3Cl)[C@@H](O)[C@@H]3NC(=O)C(NC(=O)C5NC(=O)C(CC(N)=O)NC(=O)[C@@H](NC(=O)[C@@H](CC(C)C)NC)C(O)c5ccc(c(Cl)c5)O4)c4ccc(O)c(c4)-c4c(O)cc(O)cc4C(C(=O)O)NC3=O)OC(CO)C(O)C2O)OC(C)C1O)C(=O)OC. The molecule has 0 aromatic heterocycles. The van der Waals surface area contributed by atoms with Crippen molar-refractivity contribution in [3.63, 3.8) is 0 Å². The maximum atomic E-state index is 16.1. The standard InChI is InChI=1S/C72H85Cl2N9O27/c1-8-104-46(70(102)103-7)25-77-72(5)24-49(105-28(4)62(72)93)109-61-59(92)58(91)47(26-84)108-71(61)110-60-44-19-32-20-45(60)107-43-14-11-31(18-37(43)74)57(90)55-68(99)81-53(69(100)101)35-21-33(85)22-41(87)50(35)34-16-29(9-12-40(34)86)51(65(96)83-55)80-66(97)52(32)79-64(95)39(23-48(75)88)78-67(98)54(82-63(94)38(76-6)15-27(2)3)56(89)30-10-13-42(106-44)36(73)17-30/h9-14,16-22,27-28,38-39,46-47,49,51-59,61-62,71,76-77,84-87,89-93H,8,15,23-26H2,1-7H3,(H2,75,88)(H,78,98)(H,79,95)(H,80,97)(H,81,99)(H,82,94)(H,83,96)(H,100,101)/t28?,38-,39?,46?,47?,49?,51?,52?,53?,54+,55+,56?,57-,58?,59?,61?,62?,71?,72?/m1/s1. The number of primary amides is 1. The number of amides is 7. The number of phenols is 3. The number of carbonyl (C=O) groups excluding carboxylic acids is 8. The number of rotatable bonds is 19. The summed E-state index contributed by atoms with van der Waals surface area (Å²) < 4.78 is 49.5. The molecule has 0 saturated carbocycles. The molecule has 38 heteroatoms. The van der Waals surface area contributed by atoms with Gasteiger partial charge in [0.1, 0.15) is 89.5 Å². The molecular weight excluding hydrogens is 1490 g/mol. The average Bonchev–Trinajstić information content (AvgIpc) is 0.768. The van der Waals surface area contributed by atoms with E-state index in [0.29, 0.717) is 0 Å². The molecule has 20 N–H and O–H groups in total. The van der Waals surface area contributed by atoms with Crippen molar-refractivity contribution in [2.24, 2.45) is 11.7 Å². The van der Waals surface area contributed by atoms with Gasteiger partial charge in [0.2, 0.25) is 53.4 Å². The lowest BCUT2D eigenvalue weighted by Gasteiger charge is -2.48. The number of esters is 1. The van der Waals surface area contributed by atoms with Crippen molar-refractivity contribution in [1.82, 2.24) is 42.5 Å². The van der Waals surface area contributed by atoms with Gasteiger partial charge in [0, 0.05) is 47.9 Å². The van der Waals surface area contributed by atoms with Gasteiger partial charge in [-0.15, -0.1) is 0 Å². The number of nitrogens with two attached hydrogens (primary N) is 1. The zero-order valence-corrected chi connectivity index (χ0v) is 61.5. The quantitative estimate of drug-likeness (QED) is 0.0495. The van der Waals surface area contributed by atoms with Crippen LogP contribution in [0.2, 0.25) is 10.0 Å². The molecule has 7 aliphatic heterocycles. The number of aliphatic hydroxyl groups excluding tert-OH is 6. The van der Waals surface area contributed by atoms with E-state index in [-0.39, 0.29) is 59.4 Å². The number of nitrogens with one attached hydrogen (secondary N) is 8. The van der Waals surface area contributed by atoms with Gasteiger partial charge < -0.3 is 137 Å². The van der Waals surface area contributed by atoms with Gasteiger partial charge in [0.25, 0.3) is 0 Å². The Morgan fingerprint density at radius 2 is 1.35 bits per heavy atom. The Bertz CT molecular complexity index is 4350. The summed E-state index contributed by atoms with van der Waals surface area (Å²) in [5.74, 6) is -17.0. The zero-order chi connectivity index (χ0) is 80.2. The lowest BCUT2D eigenvalue weighted by Crippen LogP contribution is -2.66. The number of halogens is 2. The van der Waals surface area contributed by atoms with Gasteiger partial charge >= 0.3 is 11.9 Å². The fourth-order valence-corrected chi connectivity index (χ4v) is 14.0. The summed E-state index contributed by atoms with van der Waals surface area (Å²) in [5.41, 5.74) is 1.40. The van der Waals surface area contributed by atoms with E-state index in [9.17, 15) is 79.8 Å². The first-order chi connectivity index (χ1) is 52.1. The molecule has 15 unspecified atom stereocenters. The van der Waals surface area contributed by atoms with E-state index in [4.69, 9.17) is 66.8 Å². The predicted molar refractivity (Wildman–Crippen MR) is 381 cm³/mol.